The highest BCUT2D eigenvalue weighted by atomic mass is 16.2. The summed E-state index contributed by atoms with van der Waals surface area (Å²) in [4.78, 5) is 39.5. The number of pyridine rings is 3. The van der Waals surface area contributed by atoms with E-state index in [-0.39, 0.29) is 11.8 Å². The molecule has 2 N–H and O–H groups in total. The second-order valence-corrected chi connectivity index (χ2v) is 11.5. The van der Waals surface area contributed by atoms with Crippen molar-refractivity contribution < 1.29 is 9.59 Å². The monoisotopic (exact) mass is 611 g/mol. The molecule has 3 heterocycles. The van der Waals surface area contributed by atoms with Gasteiger partial charge < -0.3 is 10.6 Å². The van der Waals surface area contributed by atoms with E-state index >= 15 is 0 Å². The van der Waals surface area contributed by atoms with E-state index in [1.807, 2.05) is 48.8 Å². The number of carbonyl (C=O) groups is 2. The maximum atomic E-state index is 13.0. The number of hydrogen-bond acceptors (Lipinski definition) is 5. The minimum absolute atomic E-state index is 0.292. The van der Waals surface area contributed by atoms with Gasteiger partial charge in [-0.15, -0.1) is 0 Å². The second-order valence-electron chi connectivity index (χ2n) is 11.5. The van der Waals surface area contributed by atoms with Crippen LogP contribution in [0.2, 0.25) is 0 Å². The van der Waals surface area contributed by atoms with Crippen LogP contribution in [0.4, 0.5) is 11.6 Å². The fourth-order valence-electron chi connectivity index (χ4n) is 5.18. The van der Waals surface area contributed by atoms with Crippen LogP contribution in [-0.4, -0.2) is 26.8 Å². The van der Waals surface area contributed by atoms with Crippen molar-refractivity contribution in [2.75, 3.05) is 10.6 Å². The fraction of sp³-hybridized carbons (Fsp3) is 0.256. The summed E-state index contributed by atoms with van der Waals surface area (Å²) in [5, 5.41) is 5.64. The average Bonchev–Trinajstić information content (AvgIpc) is 3.09. The molecule has 0 saturated heterocycles. The molecule has 3 aromatic heterocycles. The number of unbranched alkanes of at least 4 members (excludes halogenated alkanes) is 4. The highest BCUT2D eigenvalue weighted by Gasteiger charge is 2.11. The Bertz CT molecular complexity index is 1590. The van der Waals surface area contributed by atoms with Crippen molar-refractivity contribution in [3.05, 3.63) is 126 Å². The zero-order valence-electron chi connectivity index (χ0n) is 26.6. The van der Waals surface area contributed by atoms with Gasteiger partial charge in [-0.1, -0.05) is 82.0 Å². The van der Waals surface area contributed by atoms with Crippen molar-refractivity contribution in [1.29, 1.82) is 0 Å². The van der Waals surface area contributed by atoms with Gasteiger partial charge in [0.15, 0.2) is 0 Å². The molecule has 234 valence electrons. The number of hydrogen-bond donors (Lipinski definition) is 2. The molecule has 5 aromatic rings. The number of benzene rings is 2. The first-order valence-electron chi connectivity index (χ1n) is 16.2. The number of amides is 2. The van der Waals surface area contributed by atoms with Crippen LogP contribution >= 0.6 is 0 Å². The normalized spacial score (nSPS) is 10.8. The number of aryl methyl sites for hydroxylation is 2. The van der Waals surface area contributed by atoms with Crippen molar-refractivity contribution in [1.82, 2.24) is 15.0 Å². The Hall–Kier alpha value is -5.17. The molecule has 7 nitrogen and oxygen atoms in total. The molecule has 0 saturated carbocycles. The third kappa shape index (κ3) is 8.94. The van der Waals surface area contributed by atoms with E-state index < -0.39 is 0 Å². The third-order valence-corrected chi connectivity index (χ3v) is 7.91. The smallest absolute Gasteiger partial charge is 0.256 e. The van der Waals surface area contributed by atoms with Gasteiger partial charge in [0, 0.05) is 34.6 Å². The first-order chi connectivity index (χ1) is 22.5. The van der Waals surface area contributed by atoms with Gasteiger partial charge >= 0.3 is 0 Å². The Morgan fingerprint density at radius 3 is 1.35 bits per heavy atom. The van der Waals surface area contributed by atoms with Gasteiger partial charge in [-0.25, -0.2) is 4.98 Å². The van der Waals surface area contributed by atoms with Crippen molar-refractivity contribution in [3.63, 3.8) is 0 Å². The zero-order chi connectivity index (χ0) is 32.1. The molecule has 0 unspecified atom stereocenters. The topological polar surface area (TPSA) is 96.9 Å². The van der Waals surface area contributed by atoms with Crippen LogP contribution < -0.4 is 10.6 Å². The van der Waals surface area contributed by atoms with Gasteiger partial charge in [0.25, 0.3) is 11.8 Å². The van der Waals surface area contributed by atoms with Crippen LogP contribution in [0.5, 0.6) is 0 Å². The first-order valence-corrected chi connectivity index (χ1v) is 16.2. The molecular formula is C39H41N5O2. The number of nitrogens with one attached hydrogen (secondary N) is 2. The predicted molar refractivity (Wildman–Crippen MR) is 186 cm³/mol. The lowest BCUT2D eigenvalue weighted by atomic mass is 10.1. The van der Waals surface area contributed by atoms with E-state index in [4.69, 9.17) is 0 Å². The Morgan fingerprint density at radius 1 is 0.543 bits per heavy atom. The van der Waals surface area contributed by atoms with Crippen LogP contribution in [0.25, 0.3) is 22.5 Å². The van der Waals surface area contributed by atoms with Gasteiger partial charge in [-0.05, 0) is 85.3 Å². The molecule has 0 atom stereocenters. The molecule has 0 aliphatic heterocycles. The summed E-state index contributed by atoms with van der Waals surface area (Å²) >= 11 is 0. The summed E-state index contributed by atoms with van der Waals surface area (Å²) in [5.41, 5.74) is 7.10. The lowest BCUT2D eigenvalue weighted by Crippen LogP contribution is -2.15. The molecule has 2 aromatic carbocycles. The van der Waals surface area contributed by atoms with E-state index in [1.165, 1.54) is 49.7 Å². The summed E-state index contributed by atoms with van der Waals surface area (Å²) in [6, 6.07) is 28.1. The largest absolute Gasteiger partial charge is 0.306 e. The SMILES string of the molecule is CCCCCc1ccc(-c2ccc(C(=O)Nc3cccc(NC(=O)c4ccc(-c5ccc(CCCCC)cn5)cc4)n3)cc2)nc1. The van der Waals surface area contributed by atoms with Gasteiger partial charge in [-0.3, -0.25) is 19.6 Å². The number of rotatable bonds is 14. The number of anilines is 2. The molecule has 0 fully saturated rings. The maximum absolute atomic E-state index is 13.0. The Morgan fingerprint density at radius 2 is 0.978 bits per heavy atom. The van der Waals surface area contributed by atoms with E-state index in [9.17, 15) is 9.59 Å². The molecule has 0 spiro atoms. The molecule has 46 heavy (non-hydrogen) atoms. The summed E-state index contributed by atoms with van der Waals surface area (Å²) < 4.78 is 0. The van der Waals surface area contributed by atoms with Crippen LogP contribution in [0.3, 0.4) is 0 Å². The summed E-state index contributed by atoms with van der Waals surface area (Å²) in [6.45, 7) is 4.40. The Balaban J connectivity index is 1.15. The standard InChI is InChI=1S/C39H41N5O2/c1-3-5-7-10-28-14-24-34(40-26-28)30-16-20-32(21-17-30)38(45)43-36-12-9-13-37(42-36)44-39(46)33-22-18-31(19-23-33)35-25-15-29(27-41-35)11-8-6-4-2/h9,12-27H,3-8,10-11H2,1-2H3,(H2,42,43,44,45,46). The Kier molecular flexibility index (Phi) is 11.4. The molecule has 5 rings (SSSR count). The second kappa shape index (κ2) is 16.2. The minimum atomic E-state index is -0.292. The fourth-order valence-corrected chi connectivity index (χ4v) is 5.18. The molecular weight excluding hydrogens is 570 g/mol. The number of carbonyl (C=O) groups excluding carboxylic acids is 2. The Labute approximate surface area is 271 Å². The highest BCUT2D eigenvalue weighted by Crippen LogP contribution is 2.21. The zero-order valence-corrected chi connectivity index (χ0v) is 26.6. The number of nitrogens with zero attached hydrogens (tertiary/aromatic N) is 3. The first kappa shape index (κ1) is 32.2. The lowest BCUT2D eigenvalue weighted by molar-refractivity contribution is 0.101. The van der Waals surface area contributed by atoms with Crippen molar-refractivity contribution in [3.8, 4) is 22.5 Å². The van der Waals surface area contributed by atoms with Gasteiger partial charge in [0.05, 0.1) is 11.4 Å². The van der Waals surface area contributed by atoms with Crippen LogP contribution in [-0.2, 0) is 12.8 Å². The van der Waals surface area contributed by atoms with Crippen LogP contribution in [0.15, 0.2) is 103 Å². The third-order valence-electron chi connectivity index (χ3n) is 7.91. The van der Waals surface area contributed by atoms with Gasteiger partial charge in [0.1, 0.15) is 11.6 Å². The molecule has 0 radical (unpaired) electrons. The van der Waals surface area contributed by atoms with Crippen molar-refractivity contribution in [2.24, 2.45) is 0 Å². The van der Waals surface area contributed by atoms with Gasteiger partial charge in [0.2, 0.25) is 0 Å². The van der Waals surface area contributed by atoms with Crippen LogP contribution in [0, 0.1) is 0 Å². The number of aromatic nitrogens is 3. The summed E-state index contributed by atoms with van der Waals surface area (Å²) in [5.74, 6) is 0.0958. The highest BCUT2D eigenvalue weighted by molar-refractivity contribution is 6.05. The van der Waals surface area contributed by atoms with Gasteiger partial charge in [-0.2, -0.15) is 0 Å². The van der Waals surface area contributed by atoms with Crippen LogP contribution in [0.1, 0.15) is 84.2 Å². The maximum Gasteiger partial charge on any atom is 0.256 e. The molecule has 0 aliphatic carbocycles. The van der Waals surface area contributed by atoms with E-state index in [1.54, 1.807) is 42.5 Å². The summed E-state index contributed by atoms with van der Waals surface area (Å²) in [7, 11) is 0. The molecule has 0 bridgehead atoms. The summed E-state index contributed by atoms with van der Waals surface area (Å²) in [6.07, 6.45) is 13.1. The molecule has 7 heteroatoms. The molecule has 0 aliphatic rings. The van der Waals surface area contributed by atoms with Crippen molar-refractivity contribution in [2.45, 2.75) is 65.2 Å². The van der Waals surface area contributed by atoms with E-state index in [0.29, 0.717) is 22.8 Å². The lowest BCUT2D eigenvalue weighted by Gasteiger charge is -2.09. The van der Waals surface area contributed by atoms with E-state index in [0.717, 1.165) is 35.4 Å². The average molecular weight is 612 g/mol. The van der Waals surface area contributed by atoms with Crippen molar-refractivity contribution >= 4 is 23.5 Å². The predicted octanol–water partition coefficient (Wildman–Crippen LogP) is 9.18. The minimum Gasteiger partial charge on any atom is -0.306 e. The quantitative estimate of drug-likeness (QED) is 0.122. The molecule has 2 amide bonds. The van der Waals surface area contributed by atoms with E-state index in [2.05, 4.69) is 51.6 Å².